The van der Waals surface area contributed by atoms with Gasteiger partial charge >= 0.3 is 6.03 Å². The summed E-state index contributed by atoms with van der Waals surface area (Å²) in [6, 6.07) is 4.66. The first-order valence-corrected chi connectivity index (χ1v) is 7.65. The molecule has 1 aromatic carbocycles. The van der Waals surface area contributed by atoms with Crippen LogP contribution >= 0.6 is 0 Å². The molecular weight excluding hydrogens is 314 g/mol. The number of carbonyl (C=O) groups excluding carboxylic acids is 2. The minimum Gasteiger partial charge on any atom is -0.493 e. The molecule has 8 heteroatoms. The molecule has 1 heterocycles. The standard InChI is InChI=1S/C16H23N3O5/c1-18(6-7-20)16(22)17-11-8-15(21)19(10-11)12-4-5-13(23-2)14(9-12)24-3/h4-5,9,11,20H,6-8,10H2,1-3H3,(H,17,22). The summed E-state index contributed by atoms with van der Waals surface area (Å²) in [6.07, 6.45) is 0.229. The molecule has 1 unspecified atom stereocenters. The predicted molar refractivity (Wildman–Crippen MR) is 88.6 cm³/mol. The first kappa shape index (κ1) is 17.9. The average molecular weight is 337 g/mol. The van der Waals surface area contributed by atoms with Crippen molar-refractivity contribution >= 4 is 17.6 Å². The minimum atomic E-state index is -0.309. The van der Waals surface area contributed by atoms with Crippen molar-refractivity contribution in [2.45, 2.75) is 12.5 Å². The molecule has 0 aliphatic carbocycles. The lowest BCUT2D eigenvalue weighted by Crippen LogP contribution is -2.45. The SMILES string of the molecule is COc1ccc(N2CC(NC(=O)N(C)CCO)CC2=O)cc1OC. The molecule has 24 heavy (non-hydrogen) atoms. The van der Waals surface area contributed by atoms with Crippen LogP contribution < -0.4 is 19.7 Å². The van der Waals surface area contributed by atoms with Gasteiger partial charge in [-0.1, -0.05) is 0 Å². The highest BCUT2D eigenvalue weighted by molar-refractivity contribution is 5.97. The number of aliphatic hydroxyl groups excluding tert-OH is 1. The van der Waals surface area contributed by atoms with Gasteiger partial charge in [-0.15, -0.1) is 0 Å². The van der Waals surface area contributed by atoms with Crippen LogP contribution in [0.1, 0.15) is 6.42 Å². The second-order valence-electron chi connectivity index (χ2n) is 5.54. The molecule has 2 rings (SSSR count). The van der Waals surface area contributed by atoms with Crippen LogP contribution in [0, 0.1) is 0 Å². The molecule has 1 aliphatic heterocycles. The van der Waals surface area contributed by atoms with E-state index in [4.69, 9.17) is 14.6 Å². The van der Waals surface area contributed by atoms with Crippen molar-refractivity contribution in [2.24, 2.45) is 0 Å². The van der Waals surface area contributed by atoms with Gasteiger partial charge in [0.25, 0.3) is 0 Å². The Balaban J connectivity index is 2.06. The molecule has 1 fully saturated rings. The highest BCUT2D eigenvalue weighted by Crippen LogP contribution is 2.33. The molecule has 0 saturated carbocycles. The predicted octanol–water partition coefficient (Wildman–Crippen LogP) is 0.443. The number of methoxy groups -OCH3 is 2. The van der Waals surface area contributed by atoms with E-state index in [1.165, 1.54) is 12.0 Å². The summed E-state index contributed by atoms with van der Waals surface area (Å²) in [5.41, 5.74) is 0.693. The molecule has 1 aromatic rings. The number of amides is 3. The number of rotatable bonds is 6. The Morgan fingerprint density at radius 2 is 2.08 bits per heavy atom. The first-order valence-electron chi connectivity index (χ1n) is 7.65. The van der Waals surface area contributed by atoms with Crippen molar-refractivity contribution in [3.05, 3.63) is 18.2 Å². The maximum atomic E-state index is 12.3. The van der Waals surface area contributed by atoms with Gasteiger partial charge in [0.15, 0.2) is 11.5 Å². The summed E-state index contributed by atoms with van der Waals surface area (Å²) in [6.45, 7) is 0.518. The molecule has 132 valence electrons. The van der Waals surface area contributed by atoms with E-state index < -0.39 is 0 Å². The van der Waals surface area contributed by atoms with Crippen molar-refractivity contribution in [2.75, 3.05) is 45.9 Å². The Morgan fingerprint density at radius 1 is 1.38 bits per heavy atom. The van der Waals surface area contributed by atoms with Crippen molar-refractivity contribution in [3.8, 4) is 11.5 Å². The smallest absolute Gasteiger partial charge is 0.317 e. The number of hydrogen-bond donors (Lipinski definition) is 2. The normalized spacial score (nSPS) is 16.9. The van der Waals surface area contributed by atoms with Gasteiger partial charge in [0, 0.05) is 38.3 Å². The number of hydrogen-bond acceptors (Lipinski definition) is 5. The summed E-state index contributed by atoms with van der Waals surface area (Å²) >= 11 is 0. The fourth-order valence-corrected chi connectivity index (χ4v) is 2.58. The number of ether oxygens (including phenoxy) is 2. The van der Waals surface area contributed by atoms with Crippen LogP contribution in [0.3, 0.4) is 0 Å². The Labute approximate surface area is 140 Å². The summed E-state index contributed by atoms with van der Waals surface area (Å²) in [4.78, 5) is 27.2. The van der Waals surface area contributed by atoms with E-state index in [2.05, 4.69) is 5.32 Å². The van der Waals surface area contributed by atoms with Crippen LogP contribution in [0.4, 0.5) is 10.5 Å². The van der Waals surface area contributed by atoms with Crippen LogP contribution in [-0.4, -0.2) is 69.0 Å². The zero-order valence-electron chi connectivity index (χ0n) is 14.1. The molecule has 1 saturated heterocycles. The summed E-state index contributed by atoms with van der Waals surface area (Å²) < 4.78 is 10.5. The van der Waals surface area contributed by atoms with E-state index in [9.17, 15) is 9.59 Å². The van der Waals surface area contributed by atoms with Gasteiger partial charge in [-0.05, 0) is 12.1 Å². The Hall–Kier alpha value is -2.48. The first-order chi connectivity index (χ1) is 11.5. The largest absolute Gasteiger partial charge is 0.493 e. The zero-order chi connectivity index (χ0) is 17.7. The zero-order valence-corrected chi connectivity index (χ0v) is 14.1. The molecule has 1 aliphatic rings. The van der Waals surface area contributed by atoms with Gasteiger partial charge in [-0.3, -0.25) is 4.79 Å². The highest BCUT2D eigenvalue weighted by Gasteiger charge is 2.32. The number of anilines is 1. The van der Waals surface area contributed by atoms with Gasteiger partial charge in [-0.25, -0.2) is 4.79 Å². The molecule has 0 aromatic heterocycles. The fourth-order valence-electron chi connectivity index (χ4n) is 2.58. The number of nitrogens with zero attached hydrogens (tertiary/aromatic N) is 2. The van der Waals surface area contributed by atoms with E-state index in [1.54, 1.807) is 37.3 Å². The van der Waals surface area contributed by atoms with Crippen molar-refractivity contribution in [1.29, 1.82) is 0 Å². The van der Waals surface area contributed by atoms with Crippen LogP contribution in [0.2, 0.25) is 0 Å². The summed E-state index contributed by atoms with van der Waals surface area (Å²) in [5, 5.41) is 11.7. The number of likely N-dealkylation sites (N-methyl/N-ethyl adjacent to an activating group) is 1. The molecule has 2 N–H and O–H groups in total. The van der Waals surface area contributed by atoms with Crippen LogP contribution in [-0.2, 0) is 4.79 Å². The van der Waals surface area contributed by atoms with Crippen molar-refractivity contribution < 1.29 is 24.2 Å². The number of benzene rings is 1. The number of urea groups is 1. The maximum absolute atomic E-state index is 12.3. The topological polar surface area (TPSA) is 91.3 Å². The molecule has 0 bridgehead atoms. The third kappa shape index (κ3) is 3.88. The van der Waals surface area contributed by atoms with E-state index in [0.29, 0.717) is 23.7 Å². The van der Waals surface area contributed by atoms with Crippen LogP contribution in [0.15, 0.2) is 18.2 Å². The second kappa shape index (κ2) is 7.87. The van der Waals surface area contributed by atoms with E-state index in [1.807, 2.05) is 0 Å². The minimum absolute atomic E-state index is 0.0719. The molecule has 1 atom stereocenters. The third-order valence-electron chi connectivity index (χ3n) is 3.91. The average Bonchev–Trinajstić information content (AvgIpc) is 2.94. The molecule has 3 amide bonds. The maximum Gasteiger partial charge on any atom is 0.317 e. The fraction of sp³-hybridized carbons (Fsp3) is 0.500. The van der Waals surface area contributed by atoms with Crippen molar-refractivity contribution in [1.82, 2.24) is 10.2 Å². The monoisotopic (exact) mass is 337 g/mol. The van der Waals surface area contributed by atoms with Crippen LogP contribution in [0.25, 0.3) is 0 Å². The van der Waals surface area contributed by atoms with E-state index >= 15 is 0 Å². The lowest BCUT2D eigenvalue weighted by atomic mass is 10.2. The van der Waals surface area contributed by atoms with Gasteiger partial charge in [0.05, 0.1) is 26.9 Å². The van der Waals surface area contributed by atoms with Gasteiger partial charge in [-0.2, -0.15) is 0 Å². The number of carbonyl (C=O) groups is 2. The lowest BCUT2D eigenvalue weighted by molar-refractivity contribution is -0.117. The second-order valence-corrected chi connectivity index (χ2v) is 5.54. The van der Waals surface area contributed by atoms with Gasteiger partial charge in [0.1, 0.15) is 0 Å². The molecule has 0 radical (unpaired) electrons. The highest BCUT2D eigenvalue weighted by atomic mass is 16.5. The summed E-state index contributed by atoms with van der Waals surface area (Å²) in [5.74, 6) is 1.05. The molecular formula is C16H23N3O5. The summed E-state index contributed by atoms with van der Waals surface area (Å²) in [7, 11) is 4.68. The van der Waals surface area contributed by atoms with Gasteiger partial charge < -0.3 is 29.7 Å². The van der Waals surface area contributed by atoms with Gasteiger partial charge in [0.2, 0.25) is 5.91 Å². The Morgan fingerprint density at radius 3 is 2.71 bits per heavy atom. The van der Waals surface area contributed by atoms with E-state index in [-0.39, 0.29) is 37.6 Å². The molecule has 8 nitrogen and oxygen atoms in total. The van der Waals surface area contributed by atoms with Crippen LogP contribution in [0.5, 0.6) is 11.5 Å². The Kier molecular flexibility index (Phi) is 5.86. The van der Waals surface area contributed by atoms with E-state index in [0.717, 1.165) is 0 Å². The quantitative estimate of drug-likeness (QED) is 0.786. The third-order valence-corrected chi connectivity index (χ3v) is 3.91. The number of nitrogens with one attached hydrogen (secondary N) is 1. The number of aliphatic hydroxyl groups is 1. The molecule has 0 spiro atoms. The van der Waals surface area contributed by atoms with Crippen molar-refractivity contribution in [3.63, 3.8) is 0 Å². The lowest BCUT2D eigenvalue weighted by Gasteiger charge is -2.21. The Bertz CT molecular complexity index is 607.